The summed E-state index contributed by atoms with van der Waals surface area (Å²) in [7, 11) is 0. The fourth-order valence-corrected chi connectivity index (χ4v) is 7.32. The molecule has 4 fully saturated rings. The second kappa shape index (κ2) is 17.9. The van der Waals surface area contributed by atoms with Gasteiger partial charge in [0.1, 0.15) is 50.0 Å². The molecule has 4 heterocycles. The van der Waals surface area contributed by atoms with Crippen LogP contribution in [0.15, 0.2) is 30.3 Å². The fourth-order valence-electron chi connectivity index (χ4n) is 7.32. The van der Waals surface area contributed by atoms with E-state index in [0.717, 1.165) is 12.0 Å². The molecule has 0 bridgehead atoms. The molecule has 286 valence electrons. The van der Waals surface area contributed by atoms with Gasteiger partial charge in [0.05, 0.1) is 19.3 Å². The summed E-state index contributed by atoms with van der Waals surface area (Å²) in [6.07, 6.45) is -7.05. The van der Waals surface area contributed by atoms with Crippen LogP contribution in [0.3, 0.4) is 0 Å². The third-order valence-electron chi connectivity index (χ3n) is 10.5. The molecule has 0 spiro atoms. The first-order chi connectivity index (χ1) is 24.4. The summed E-state index contributed by atoms with van der Waals surface area (Å²) in [5.74, 6) is -1.64. The van der Waals surface area contributed by atoms with Crippen molar-refractivity contribution in [2.75, 3.05) is 26.6 Å². The van der Waals surface area contributed by atoms with Crippen molar-refractivity contribution < 1.29 is 66.5 Å². The molecule has 0 aliphatic carbocycles. The van der Waals surface area contributed by atoms with Crippen molar-refractivity contribution in [1.82, 2.24) is 0 Å². The molecule has 0 N–H and O–H groups in total. The van der Waals surface area contributed by atoms with Gasteiger partial charge < -0.3 is 52.1 Å². The third-order valence-corrected chi connectivity index (χ3v) is 10.5. The number of hydrogen-bond acceptors (Lipinski definition) is 14. The summed E-state index contributed by atoms with van der Waals surface area (Å²) in [4.78, 5) is 36.1. The van der Waals surface area contributed by atoms with Gasteiger partial charge in [-0.15, -0.1) is 0 Å². The molecular weight excluding hydrogens is 668 g/mol. The lowest BCUT2D eigenvalue weighted by Crippen LogP contribution is -2.60. The van der Waals surface area contributed by atoms with E-state index in [2.05, 4.69) is 27.7 Å². The van der Waals surface area contributed by atoms with E-state index in [1.54, 1.807) is 6.92 Å². The van der Waals surface area contributed by atoms with Crippen molar-refractivity contribution in [3.8, 4) is 0 Å². The maximum Gasteiger partial charge on any atom is 0.303 e. The summed E-state index contributed by atoms with van der Waals surface area (Å²) >= 11 is 0. The zero-order valence-corrected chi connectivity index (χ0v) is 30.8. The number of benzene rings is 1. The number of carbonyl (C=O) groups is 3. The molecule has 15 atom stereocenters. The number of rotatable bonds is 12. The van der Waals surface area contributed by atoms with E-state index in [-0.39, 0.29) is 32.0 Å². The monoisotopic (exact) mass is 722 g/mol. The molecule has 0 aromatic heterocycles. The number of hydrogen-bond donors (Lipinski definition) is 0. The van der Waals surface area contributed by atoms with Gasteiger partial charge in [-0.2, -0.15) is 0 Å². The minimum atomic E-state index is -1.05. The molecule has 4 aliphatic heterocycles. The molecule has 4 saturated heterocycles. The first kappa shape index (κ1) is 39.5. The zero-order chi connectivity index (χ0) is 36.8. The summed E-state index contributed by atoms with van der Waals surface area (Å²) in [6.45, 7) is 14.3. The van der Waals surface area contributed by atoms with Gasteiger partial charge >= 0.3 is 17.9 Å². The Kier molecular flexibility index (Phi) is 13.9. The number of esters is 3. The van der Waals surface area contributed by atoms with Gasteiger partial charge in [-0.25, -0.2) is 0 Å². The van der Waals surface area contributed by atoms with Crippen LogP contribution >= 0.6 is 0 Å². The zero-order valence-electron chi connectivity index (χ0n) is 30.8. The molecule has 0 amide bonds. The molecule has 14 heteroatoms. The number of carbonyl (C=O) groups excluding carboxylic acids is 3. The highest BCUT2D eigenvalue weighted by atomic mass is 16.8. The first-order valence-electron chi connectivity index (χ1n) is 18.0. The molecule has 5 rings (SSSR count). The van der Waals surface area contributed by atoms with Crippen LogP contribution < -0.4 is 0 Å². The highest BCUT2D eigenvalue weighted by molar-refractivity contribution is 5.67. The van der Waals surface area contributed by atoms with E-state index in [9.17, 15) is 14.4 Å². The minimum absolute atomic E-state index is 0.0110. The van der Waals surface area contributed by atoms with E-state index >= 15 is 0 Å². The van der Waals surface area contributed by atoms with Crippen LogP contribution in [0.1, 0.15) is 73.7 Å². The van der Waals surface area contributed by atoms with Crippen LogP contribution in [0, 0.1) is 23.7 Å². The van der Waals surface area contributed by atoms with Gasteiger partial charge in [0.2, 0.25) is 0 Å². The van der Waals surface area contributed by atoms with Crippen LogP contribution in [0.4, 0.5) is 0 Å². The van der Waals surface area contributed by atoms with Gasteiger partial charge in [0.25, 0.3) is 0 Å². The van der Waals surface area contributed by atoms with E-state index < -0.39 is 85.4 Å². The van der Waals surface area contributed by atoms with Gasteiger partial charge in [-0.1, -0.05) is 65.0 Å². The number of ether oxygens (including phenoxy) is 11. The van der Waals surface area contributed by atoms with Crippen LogP contribution in [0.25, 0.3) is 0 Å². The average Bonchev–Trinajstić information content (AvgIpc) is 3.64. The van der Waals surface area contributed by atoms with E-state index in [1.165, 1.54) is 20.8 Å². The molecular formula is C37H54O14. The average molecular weight is 723 g/mol. The lowest BCUT2D eigenvalue weighted by atomic mass is 9.78. The summed E-state index contributed by atoms with van der Waals surface area (Å²) < 4.78 is 67.6. The van der Waals surface area contributed by atoms with E-state index in [4.69, 9.17) is 52.1 Å². The first-order valence-corrected chi connectivity index (χ1v) is 18.0. The third kappa shape index (κ3) is 9.65. The van der Waals surface area contributed by atoms with Crippen LogP contribution in [0.5, 0.6) is 0 Å². The Morgan fingerprint density at radius 1 is 0.706 bits per heavy atom. The standard InChI is InChI=1S/C37H54O14/c1-9-27-20(3)19(2)21(4)36(47-27)50-34-30(49-37(26-13-11-10-12-14-26)51-32(34)28-15-41-18-44-28)17-43-35-22(5)31(45-24(7)39)33(46-25(8)40)29(48-35)16-42-23(6)38/h10-14,19-22,27-37H,9,15-18H2,1-8H3/t19-,20-,21+,22+,27+,28+,29+,30-,31+,32+,33+,34?,35+,36-,37?/m0/s1. The molecule has 14 nitrogen and oxygen atoms in total. The van der Waals surface area contributed by atoms with Crippen molar-refractivity contribution in [2.24, 2.45) is 23.7 Å². The lowest BCUT2D eigenvalue weighted by molar-refractivity contribution is -0.363. The molecule has 4 aliphatic rings. The topological polar surface area (TPSA) is 153 Å². The van der Waals surface area contributed by atoms with Crippen molar-refractivity contribution in [3.05, 3.63) is 35.9 Å². The predicted octanol–water partition coefficient (Wildman–Crippen LogP) is 4.07. The Morgan fingerprint density at radius 3 is 2.00 bits per heavy atom. The van der Waals surface area contributed by atoms with E-state index in [1.807, 2.05) is 30.3 Å². The highest BCUT2D eigenvalue weighted by Gasteiger charge is 2.52. The summed E-state index contributed by atoms with van der Waals surface area (Å²) in [5, 5.41) is 0. The fraction of sp³-hybridized carbons (Fsp3) is 0.757. The molecule has 1 aromatic rings. The SMILES string of the molecule is CC[C@H]1O[C@@H](OC2[C@H](CO[C@@H]3O[C@H](COC(C)=O)[C@@H](OC(C)=O)[C@H](OC(C)=O)[C@H]3C)OC(c3ccccc3)O[C@@H]2[C@H]2COCO2)[C@H](C)[C@@H](C)[C@@H]1C. The smallest absolute Gasteiger partial charge is 0.303 e. The van der Waals surface area contributed by atoms with Crippen LogP contribution in [-0.4, -0.2) is 106 Å². The summed E-state index contributed by atoms with van der Waals surface area (Å²) in [6, 6.07) is 9.55. The minimum Gasteiger partial charge on any atom is -0.463 e. The Bertz CT molecular complexity index is 1290. The normalized spacial score (nSPS) is 40.0. The molecule has 51 heavy (non-hydrogen) atoms. The van der Waals surface area contributed by atoms with Crippen LogP contribution in [-0.2, 0) is 66.5 Å². The summed E-state index contributed by atoms with van der Waals surface area (Å²) in [5.41, 5.74) is 0.795. The molecule has 0 saturated carbocycles. The Labute approximate surface area is 299 Å². The second-order valence-electron chi connectivity index (χ2n) is 14.0. The van der Waals surface area contributed by atoms with Crippen molar-refractivity contribution >= 4 is 17.9 Å². The molecule has 2 unspecified atom stereocenters. The van der Waals surface area contributed by atoms with Gasteiger partial charge in [-0.05, 0) is 18.3 Å². The largest absolute Gasteiger partial charge is 0.463 e. The van der Waals surface area contributed by atoms with Gasteiger partial charge in [0, 0.05) is 38.2 Å². The van der Waals surface area contributed by atoms with Crippen molar-refractivity contribution in [1.29, 1.82) is 0 Å². The van der Waals surface area contributed by atoms with Crippen molar-refractivity contribution in [2.45, 2.75) is 130 Å². The molecule has 0 radical (unpaired) electrons. The Morgan fingerprint density at radius 2 is 1.37 bits per heavy atom. The highest BCUT2D eigenvalue weighted by Crippen LogP contribution is 2.41. The Balaban J connectivity index is 1.44. The van der Waals surface area contributed by atoms with Gasteiger partial charge in [-0.3, -0.25) is 14.4 Å². The lowest BCUT2D eigenvalue weighted by Gasteiger charge is -2.49. The second-order valence-corrected chi connectivity index (χ2v) is 14.0. The quantitative estimate of drug-likeness (QED) is 0.225. The maximum atomic E-state index is 12.2. The van der Waals surface area contributed by atoms with Gasteiger partial charge in [0.15, 0.2) is 25.0 Å². The maximum absolute atomic E-state index is 12.2. The Hall–Kier alpha value is -2.69. The van der Waals surface area contributed by atoms with E-state index in [0.29, 0.717) is 18.4 Å². The van der Waals surface area contributed by atoms with Crippen molar-refractivity contribution in [3.63, 3.8) is 0 Å². The predicted molar refractivity (Wildman–Crippen MR) is 177 cm³/mol. The van der Waals surface area contributed by atoms with Crippen LogP contribution in [0.2, 0.25) is 0 Å². The molecule has 1 aromatic carbocycles.